The molecule has 0 saturated heterocycles. The normalized spacial score (nSPS) is 10.8. The second-order valence-corrected chi connectivity index (χ2v) is 5.29. The first kappa shape index (κ1) is 20.6. The number of hydrogen-bond donors (Lipinski definition) is 3. The van der Waals surface area contributed by atoms with Gasteiger partial charge in [-0.05, 0) is 25.1 Å². The van der Waals surface area contributed by atoms with Gasteiger partial charge in [0.05, 0.1) is 12.6 Å². The van der Waals surface area contributed by atoms with Crippen molar-refractivity contribution >= 4 is 34.3 Å². The average molecular weight is 397 g/mol. The molecule has 0 unspecified atom stereocenters. The van der Waals surface area contributed by atoms with Crippen LogP contribution < -0.4 is 5.32 Å². The van der Waals surface area contributed by atoms with Gasteiger partial charge in [0.1, 0.15) is 12.1 Å². The van der Waals surface area contributed by atoms with Crippen molar-refractivity contribution in [1.82, 2.24) is 20.2 Å². The molecule has 12 heteroatoms. The molecule has 0 saturated carbocycles. The van der Waals surface area contributed by atoms with Gasteiger partial charge >= 0.3 is 18.1 Å². The molecule has 0 atom stereocenters. The zero-order valence-electron chi connectivity index (χ0n) is 14.5. The number of aliphatic carboxylic acids is 1. The molecule has 3 aromatic rings. The molecular weight excluding hydrogens is 383 g/mol. The fourth-order valence-corrected chi connectivity index (χ4v) is 2.01. The molecule has 2 heterocycles. The van der Waals surface area contributed by atoms with Gasteiger partial charge in [0, 0.05) is 22.8 Å². The van der Waals surface area contributed by atoms with Gasteiger partial charge < -0.3 is 15.2 Å². The number of hydrogen-bond acceptors (Lipinski definition) is 7. The number of carbonyl (C=O) groups excluding carboxylic acids is 1. The number of nitrogens with zero attached hydrogens (tertiary/aromatic N) is 3. The minimum absolute atomic E-state index is 0.204. The molecule has 0 spiro atoms. The molecule has 0 radical (unpaired) electrons. The second-order valence-electron chi connectivity index (χ2n) is 5.29. The highest BCUT2D eigenvalue weighted by atomic mass is 19.4. The molecule has 0 aliphatic carbocycles. The summed E-state index contributed by atoms with van der Waals surface area (Å²) in [6, 6.07) is 7.30. The first-order chi connectivity index (χ1) is 13.1. The van der Waals surface area contributed by atoms with Crippen molar-refractivity contribution in [1.29, 1.82) is 0 Å². The number of H-pyrrole nitrogens is 1. The number of anilines is 2. The molecule has 0 bridgehead atoms. The van der Waals surface area contributed by atoms with E-state index in [1.165, 1.54) is 19.5 Å². The standard InChI is InChI=1S/C14H13N5O2.C2HF3O2/c1-8-10-5-9(3-4-11(10)19-18-8)17-13-6-12(14(20)21-2)15-7-16-13;3-2(4,5)1(6)7/h3-7H,1-2H3,(H,18,19)(H,15,16,17);(H,6,7). The highest BCUT2D eigenvalue weighted by molar-refractivity contribution is 5.88. The lowest BCUT2D eigenvalue weighted by atomic mass is 10.2. The van der Waals surface area contributed by atoms with E-state index < -0.39 is 18.1 Å². The molecule has 0 aliphatic heterocycles. The third kappa shape index (κ3) is 5.16. The zero-order valence-corrected chi connectivity index (χ0v) is 14.5. The van der Waals surface area contributed by atoms with Crippen LogP contribution in [0.3, 0.4) is 0 Å². The number of carboxylic acids is 1. The molecule has 3 rings (SSSR count). The van der Waals surface area contributed by atoms with Gasteiger partial charge in [0.2, 0.25) is 0 Å². The largest absolute Gasteiger partial charge is 0.490 e. The minimum atomic E-state index is -5.08. The van der Waals surface area contributed by atoms with E-state index >= 15 is 0 Å². The molecule has 148 valence electrons. The summed E-state index contributed by atoms with van der Waals surface area (Å²) >= 11 is 0. The van der Waals surface area contributed by atoms with Gasteiger partial charge in [-0.3, -0.25) is 5.10 Å². The summed E-state index contributed by atoms with van der Waals surface area (Å²) in [6.07, 6.45) is -3.77. The zero-order chi connectivity index (χ0) is 20.9. The van der Waals surface area contributed by atoms with E-state index in [0.717, 1.165) is 22.3 Å². The Kier molecular flexibility index (Phi) is 6.13. The minimum Gasteiger partial charge on any atom is -0.475 e. The average Bonchev–Trinajstić information content (AvgIpc) is 3.01. The SMILES string of the molecule is COC(=O)c1cc(Nc2ccc3n[nH]c(C)c3c2)ncn1.O=C(O)C(F)(F)F. The maximum atomic E-state index is 11.5. The number of rotatable bonds is 3. The van der Waals surface area contributed by atoms with Gasteiger partial charge in [0.15, 0.2) is 5.69 Å². The molecule has 3 N–H and O–H groups in total. The van der Waals surface area contributed by atoms with Crippen LogP contribution in [0.15, 0.2) is 30.6 Å². The predicted octanol–water partition coefficient (Wildman–Crippen LogP) is 2.82. The Morgan fingerprint density at radius 2 is 1.89 bits per heavy atom. The Balaban J connectivity index is 0.000000345. The third-order valence-electron chi connectivity index (χ3n) is 3.32. The number of methoxy groups -OCH3 is 1. The van der Waals surface area contributed by atoms with Crippen molar-refractivity contribution in [3.63, 3.8) is 0 Å². The quantitative estimate of drug-likeness (QED) is 0.575. The lowest BCUT2D eigenvalue weighted by Gasteiger charge is -2.06. The molecule has 9 nitrogen and oxygen atoms in total. The summed E-state index contributed by atoms with van der Waals surface area (Å²) < 4.78 is 36.4. The van der Waals surface area contributed by atoms with Gasteiger partial charge in [-0.2, -0.15) is 18.3 Å². The summed E-state index contributed by atoms with van der Waals surface area (Å²) in [7, 11) is 1.31. The van der Waals surface area contributed by atoms with Crippen LogP contribution in [0.2, 0.25) is 0 Å². The van der Waals surface area contributed by atoms with Crippen molar-refractivity contribution in [3.05, 3.63) is 42.0 Å². The van der Waals surface area contributed by atoms with Crippen molar-refractivity contribution in [2.24, 2.45) is 0 Å². The van der Waals surface area contributed by atoms with Crippen LogP contribution in [0, 0.1) is 6.92 Å². The number of ether oxygens (including phenoxy) is 1. The lowest BCUT2D eigenvalue weighted by molar-refractivity contribution is -0.192. The van der Waals surface area contributed by atoms with Gasteiger partial charge in [-0.1, -0.05) is 0 Å². The summed E-state index contributed by atoms with van der Waals surface area (Å²) in [5, 5.41) is 18.4. The first-order valence-corrected chi connectivity index (χ1v) is 7.54. The monoisotopic (exact) mass is 397 g/mol. The Morgan fingerprint density at radius 3 is 2.50 bits per heavy atom. The number of alkyl halides is 3. The van der Waals surface area contributed by atoms with Gasteiger partial charge in [-0.25, -0.2) is 19.6 Å². The van der Waals surface area contributed by atoms with E-state index in [1.54, 1.807) is 0 Å². The summed E-state index contributed by atoms with van der Waals surface area (Å²) in [5.41, 5.74) is 2.94. The smallest absolute Gasteiger partial charge is 0.475 e. The maximum absolute atomic E-state index is 11.5. The maximum Gasteiger partial charge on any atom is 0.490 e. The van der Waals surface area contributed by atoms with Crippen LogP contribution >= 0.6 is 0 Å². The van der Waals surface area contributed by atoms with Crippen LogP contribution in [-0.4, -0.2) is 50.5 Å². The lowest BCUT2D eigenvalue weighted by Crippen LogP contribution is -2.21. The molecule has 28 heavy (non-hydrogen) atoms. The molecule has 0 fully saturated rings. The highest BCUT2D eigenvalue weighted by Gasteiger charge is 2.38. The molecule has 0 amide bonds. The number of benzene rings is 1. The molecule has 0 aliphatic rings. The number of carbonyl (C=O) groups is 2. The topological polar surface area (TPSA) is 130 Å². The molecule has 2 aromatic heterocycles. The van der Waals surface area contributed by atoms with E-state index in [2.05, 4.69) is 30.2 Å². The summed E-state index contributed by atoms with van der Waals surface area (Å²) in [6.45, 7) is 1.96. The van der Waals surface area contributed by atoms with Crippen molar-refractivity contribution < 1.29 is 32.6 Å². The Hall–Kier alpha value is -3.70. The number of esters is 1. The van der Waals surface area contributed by atoms with Gasteiger partial charge in [0.25, 0.3) is 0 Å². The van der Waals surface area contributed by atoms with E-state index in [9.17, 15) is 18.0 Å². The number of aryl methyl sites for hydroxylation is 1. The van der Waals surface area contributed by atoms with E-state index in [1.807, 2.05) is 25.1 Å². The van der Waals surface area contributed by atoms with Crippen LogP contribution in [0.4, 0.5) is 24.7 Å². The summed E-state index contributed by atoms with van der Waals surface area (Å²) in [5.74, 6) is -2.74. The number of carboxylic acid groups (broad SMARTS) is 1. The fraction of sp³-hybridized carbons (Fsp3) is 0.188. The van der Waals surface area contributed by atoms with E-state index in [-0.39, 0.29) is 5.69 Å². The third-order valence-corrected chi connectivity index (χ3v) is 3.32. The van der Waals surface area contributed by atoms with Crippen LogP contribution in [0.1, 0.15) is 16.2 Å². The Labute approximate surface area is 155 Å². The fourth-order valence-electron chi connectivity index (χ4n) is 2.01. The number of fused-ring (bicyclic) bond motifs is 1. The number of aromatic amines is 1. The van der Waals surface area contributed by atoms with Crippen molar-refractivity contribution in [2.75, 3.05) is 12.4 Å². The Bertz CT molecular complexity index is 1000. The molecular formula is C16H14F3N5O4. The van der Waals surface area contributed by atoms with E-state index in [0.29, 0.717) is 5.82 Å². The van der Waals surface area contributed by atoms with Crippen LogP contribution in [-0.2, 0) is 9.53 Å². The number of halogens is 3. The first-order valence-electron chi connectivity index (χ1n) is 7.54. The summed E-state index contributed by atoms with van der Waals surface area (Å²) in [4.78, 5) is 28.3. The highest BCUT2D eigenvalue weighted by Crippen LogP contribution is 2.22. The van der Waals surface area contributed by atoms with Crippen molar-refractivity contribution in [2.45, 2.75) is 13.1 Å². The number of nitrogens with one attached hydrogen (secondary N) is 2. The van der Waals surface area contributed by atoms with Crippen LogP contribution in [0.25, 0.3) is 10.9 Å². The van der Waals surface area contributed by atoms with Crippen molar-refractivity contribution in [3.8, 4) is 0 Å². The van der Waals surface area contributed by atoms with Gasteiger partial charge in [-0.15, -0.1) is 0 Å². The number of aromatic nitrogens is 4. The van der Waals surface area contributed by atoms with Crippen LogP contribution in [0.5, 0.6) is 0 Å². The van der Waals surface area contributed by atoms with E-state index in [4.69, 9.17) is 9.90 Å². The second kappa shape index (κ2) is 8.33. The predicted molar refractivity (Wildman–Crippen MR) is 91.2 cm³/mol. The Morgan fingerprint density at radius 1 is 1.21 bits per heavy atom. The molecule has 1 aromatic carbocycles.